The van der Waals surface area contributed by atoms with Crippen molar-refractivity contribution in [2.45, 2.75) is 13.5 Å². The minimum Gasteiger partial charge on any atom is -0.465 e. The lowest BCUT2D eigenvalue weighted by molar-refractivity contribution is 0.0601. The third-order valence-electron chi connectivity index (χ3n) is 2.81. The zero-order valence-electron chi connectivity index (χ0n) is 10.3. The first-order valence-electron chi connectivity index (χ1n) is 5.69. The van der Waals surface area contributed by atoms with Crippen LogP contribution in [0.3, 0.4) is 0 Å². The molecule has 2 aromatic rings. The Balaban J connectivity index is 2.51. The van der Waals surface area contributed by atoms with Gasteiger partial charge in [-0.1, -0.05) is 28.1 Å². The van der Waals surface area contributed by atoms with E-state index in [1.807, 2.05) is 48.1 Å². The van der Waals surface area contributed by atoms with E-state index in [4.69, 9.17) is 4.74 Å². The van der Waals surface area contributed by atoms with E-state index in [0.29, 0.717) is 5.56 Å². The maximum absolute atomic E-state index is 11.8. The molecule has 1 heterocycles. The fourth-order valence-electron chi connectivity index (χ4n) is 1.82. The first kappa shape index (κ1) is 12.9. The van der Waals surface area contributed by atoms with Crippen LogP contribution in [0.25, 0.3) is 11.1 Å². The minimum atomic E-state index is -0.305. The first-order chi connectivity index (χ1) is 8.65. The monoisotopic (exact) mass is 307 g/mol. The number of esters is 1. The van der Waals surface area contributed by atoms with Crippen LogP contribution in [-0.4, -0.2) is 17.6 Å². The summed E-state index contributed by atoms with van der Waals surface area (Å²) in [6, 6.07) is 7.87. The fourth-order valence-corrected chi connectivity index (χ4v) is 2.09. The van der Waals surface area contributed by atoms with E-state index in [1.165, 1.54) is 7.11 Å². The summed E-state index contributed by atoms with van der Waals surface area (Å²) in [5.41, 5.74) is 2.50. The van der Waals surface area contributed by atoms with Crippen LogP contribution in [0.2, 0.25) is 0 Å². The number of methoxy groups -OCH3 is 1. The van der Waals surface area contributed by atoms with Crippen molar-refractivity contribution in [3.8, 4) is 11.1 Å². The first-order valence-corrected chi connectivity index (χ1v) is 6.49. The van der Waals surface area contributed by atoms with Crippen LogP contribution in [0.5, 0.6) is 0 Å². The summed E-state index contributed by atoms with van der Waals surface area (Å²) < 4.78 is 7.81. The van der Waals surface area contributed by atoms with E-state index in [2.05, 4.69) is 15.9 Å². The van der Waals surface area contributed by atoms with Gasteiger partial charge in [0.1, 0.15) is 0 Å². The number of nitrogens with zero attached hydrogens (tertiary/aromatic N) is 1. The van der Waals surface area contributed by atoms with Crippen molar-refractivity contribution in [2.75, 3.05) is 7.11 Å². The van der Waals surface area contributed by atoms with Gasteiger partial charge in [0, 0.05) is 29.0 Å². The molecule has 0 radical (unpaired) electrons. The summed E-state index contributed by atoms with van der Waals surface area (Å²) in [5.74, 6) is -0.305. The predicted octanol–water partition coefficient (Wildman–Crippen LogP) is 3.72. The Morgan fingerprint density at radius 3 is 2.50 bits per heavy atom. The highest BCUT2D eigenvalue weighted by Crippen LogP contribution is 2.27. The van der Waals surface area contributed by atoms with E-state index in [9.17, 15) is 4.79 Å². The summed E-state index contributed by atoms with van der Waals surface area (Å²) in [4.78, 5) is 11.8. The number of benzene rings is 1. The minimum absolute atomic E-state index is 0.305. The molecule has 1 aromatic heterocycles. The molecule has 0 saturated carbocycles. The molecule has 4 heteroatoms. The van der Waals surface area contributed by atoms with E-state index >= 15 is 0 Å². The van der Waals surface area contributed by atoms with Gasteiger partial charge in [-0.2, -0.15) is 0 Å². The van der Waals surface area contributed by atoms with Crippen LogP contribution >= 0.6 is 15.9 Å². The number of carbonyl (C=O) groups excluding carboxylic acids is 1. The Kier molecular flexibility index (Phi) is 3.87. The lowest BCUT2D eigenvalue weighted by atomic mass is 10.1. The SMILES string of the molecule is CCn1cc(C(=O)OC)c(-c2ccc(Br)cc2)c1. The van der Waals surface area contributed by atoms with Gasteiger partial charge in [-0.25, -0.2) is 4.79 Å². The summed E-state index contributed by atoms with van der Waals surface area (Å²) in [6.45, 7) is 2.85. The van der Waals surface area contributed by atoms with Crippen molar-refractivity contribution >= 4 is 21.9 Å². The Morgan fingerprint density at radius 1 is 1.28 bits per heavy atom. The van der Waals surface area contributed by atoms with Crippen molar-refractivity contribution in [1.29, 1.82) is 0 Å². The van der Waals surface area contributed by atoms with Gasteiger partial charge in [0.2, 0.25) is 0 Å². The molecule has 18 heavy (non-hydrogen) atoms. The van der Waals surface area contributed by atoms with Crippen molar-refractivity contribution in [2.24, 2.45) is 0 Å². The van der Waals surface area contributed by atoms with E-state index < -0.39 is 0 Å². The van der Waals surface area contributed by atoms with Crippen LogP contribution in [0.15, 0.2) is 41.1 Å². The lowest BCUT2D eigenvalue weighted by Gasteiger charge is -2.02. The Hall–Kier alpha value is -1.55. The molecule has 1 aromatic carbocycles. The zero-order chi connectivity index (χ0) is 13.1. The standard InChI is InChI=1S/C14H14BrNO2/c1-3-16-8-12(13(9-16)14(17)18-2)10-4-6-11(15)7-5-10/h4-9H,3H2,1-2H3. The average Bonchev–Trinajstić information content (AvgIpc) is 2.83. The number of hydrogen-bond donors (Lipinski definition) is 0. The molecule has 94 valence electrons. The van der Waals surface area contributed by atoms with Crippen molar-refractivity contribution < 1.29 is 9.53 Å². The van der Waals surface area contributed by atoms with Gasteiger partial charge >= 0.3 is 5.97 Å². The molecule has 0 spiro atoms. The second-order valence-corrected chi connectivity index (χ2v) is 4.83. The molecule has 0 saturated heterocycles. The second-order valence-electron chi connectivity index (χ2n) is 3.91. The van der Waals surface area contributed by atoms with Crippen molar-refractivity contribution in [1.82, 2.24) is 4.57 Å². The number of aryl methyl sites for hydroxylation is 1. The van der Waals surface area contributed by atoms with Gasteiger partial charge in [-0.15, -0.1) is 0 Å². The predicted molar refractivity (Wildman–Crippen MR) is 74.6 cm³/mol. The molecule has 0 N–H and O–H groups in total. The number of hydrogen-bond acceptors (Lipinski definition) is 2. The van der Waals surface area contributed by atoms with Gasteiger partial charge in [0.25, 0.3) is 0 Å². The van der Waals surface area contributed by atoms with E-state index in [1.54, 1.807) is 0 Å². The highest BCUT2D eigenvalue weighted by molar-refractivity contribution is 9.10. The summed E-state index contributed by atoms with van der Waals surface area (Å²) in [5, 5.41) is 0. The van der Waals surface area contributed by atoms with Crippen LogP contribution in [0.1, 0.15) is 17.3 Å². The largest absolute Gasteiger partial charge is 0.465 e. The number of halogens is 1. The summed E-state index contributed by atoms with van der Waals surface area (Å²) in [6.07, 6.45) is 3.79. The Bertz CT molecular complexity index is 558. The smallest absolute Gasteiger partial charge is 0.340 e. The third kappa shape index (κ3) is 2.48. The lowest BCUT2D eigenvalue weighted by Crippen LogP contribution is -2.01. The highest BCUT2D eigenvalue weighted by atomic mass is 79.9. The number of ether oxygens (including phenoxy) is 1. The molecule has 0 fully saturated rings. The van der Waals surface area contributed by atoms with E-state index in [-0.39, 0.29) is 5.97 Å². The molecule has 0 unspecified atom stereocenters. The number of rotatable bonds is 3. The van der Waals surface area contributed by atoms with Gasteiger partial charge < -0.3 is 9.30 Å². The molecular weight excluding hydrogens is 294 g/mol. The quantitative estimate of drug-likeness (QED) is 0.809. The summed E-state index contributed by atoms with van der Waals surface area (Å²) >= 11 is 3.40. The molecule has 3 nitrogen and oxygen atoms in total. The van der Waals surface area contributed by atoms with Crippen LogP contribution in [-0.2, 0) is 11.3 Å². The number of carbonyl (C=O) groups is 1. The zero-order valence-corrected chi connectivity index (χ0v) is 11.9. The average molecular weight is 308 g/mol. The molecular formula is C14H14BrNO2. The van der Waals surface area contributed by atoms with Gasteiger partial charge in [0.15, 0.2) is 0 Å². The van der Waals surface area contributed by atoms with Crippen LogP contribution in [0.4, 0.5) is 0 Å². The molecule has 0 aliphatic rings. The maximum atomic E-state index is 11.8. The fraction of sp³-hybridized carbons (Fsp3) is 0.214. The molecule has 0 aliphatic carbocycles. The van der Waals surface area contributed by atoms with Crippen molar-refractivity contribution in [3.63, 3.8) is 0 Å². The van der Waals surface area contributed by atoms with Crippen molar-refractivity contribution in [3.05, 3.63) is 46.7 Å². The number of aromatic nitrogens is 1. The van der Waals surface area contributed by atoms with Gasteiger partial charge in [0.05, 0.1) is 12.7 Å². The van der Waals surface area contributed by atoms with Gasteiger partial charge in [-0.3, -0.25) is 0 Å². The van der Waals surface area contributed by atoms with Crippen LogP contribution in [0, 0.1) is 0 Å². The highest BCUT2D eigenvalue weighted by Gasteiger charge is 2.15. The molecule has 2 rings (SSSR count). The third-order valence-corrected chi connectivity index (χ3v) is 3.33. The molecule has 0 amide bonds. The van der Waals surface area contributed by atoms with E-state index in [0.717, 1.165) is 22.1 Å². The normalized spacial score (nSPS) is 10.4. The molecule has 0 bridgehead atoms. The second kappa shape index (κ2) is 5.40. The topological polar surface area (TPSA) is 31.2 Å². The van der Waals surface area contributed by atoms with Gasteiger partial charge in [-0.05, 0) is 24.6 Å². The van der Waals surface area contributed by atoms with Crippen LogP contribution < -0.4 is 0 Å². The maximum Gasteiger partial charge on any atom is 0.340 e. The molecule has 0 atom stereocenters. The Labute approximate surface area is 115 Å². The Morgan fingerprint density at radius 2 is 1.94 bits per heavy atom. The molecule has 0 aliphatic heterocycles. The summed E-state index contributed by atoms with van der Waals surface area (Å²) in [7, 11) is 1.40.